The maximum absolute atomic E-state index is 12.3. The number of anilines is 2. The van der Waals surface area contributed by atoms with Crippen LogP contribution < -0.4 is 34.7 Å². The zero-order chi connectivity index (χ0) is 24.2. The number of nitrogens with two attached hydrogens (primary N) is 1. The second-order valence-electron chi connectivity index (χ2n) is 6.10. The number of nitrogens with zero attached hydrogens (tertiary/aromatic N) is 2. The Morgan fingerprint density at radius 1 is 0.939 bits per heavy atom. The van der Waals surface area contributed by atoms with Crippen LogP contribution in [0.25, 0.3) is 0 Å². The molecule has 3 N–H and O–H groups in total. The van der Waals surface area contributed by atoms with E-state index in [2.05, 4.69) is 15.3 Å². The molecule has 176 valence electrons. The first-order valence-electron chi connectivity index (χ1n) is 10.1. The molecule has 2 heterocycles. The van der Waals surface area contributed by atoms with E-state index in [1.807, 2.05) is 13.8 Å². The van der Waals surface area contributed by atoms with E-state index in [4.69, 9.17) is 29.4 Å². The van der Waals surface area contributed by atoms with Crippen molar-refractivity contribution in [1.82, 2.24) is 9.97 Å². The van der Waals surface area contributed by atoms with Crippen molar-refractivity contribution in [3.63, 3.8) is 0 Å². The Hall–Kier alpha value is -4.21. The molecule has 0 saturated heterocycles. The third kappa shape index (κ3) is 6.89. The molecule has 10 heteroatoms. The Morgan fingerprint density at radius 2 is 1.64 bits per heavy atom. The molecule has 1 amide bonds. The number of methoxy groups -OCH3 is 3. The van der Waals surface area contributed by atoms with Crippen LogP contribution in [0, 0.1) is 0 Å². The molecule has 3 rings (SSSR count). The zero-order valence-electron chi connectivity index (χ0n) is 19.2. The van der Waals surface area contributed by atoms with Gasteiger partial charge in [-0.25, -0.2) is 14.8 Å². The summed E-state index contributed by atoms with van der Waals surface area (Å²) in [6.07, 6.45) is 2.38. The van der Waals surface area contributed by atoms with Gasteiger partial charge < -0.3 is 29.4 Å². The van der Waals surface area contributed by atoms with Crippen LogP contribution in [-0.4, -0.2) is 37.4 Å². The number of hydrogen-bond acceptors (Lipinski definition) is 9. The SMILES string of the molecule is CC.COc1cc(OC(=O)Nc2cc(COc3cccnc3N)ccn2)cc(OC)c1OC. The van der Waals surface area contributed by atoms with Gasteiger partial charge in [-0.05, 0) is 29.8 Å². The Morgan fingerprint density at radius 3 is 2.24 bits per heavy atom. The molecular formula is C23H28N4O6. The first-order valence-corrected chi connectivity index (χ1v) is 10.1. The maximum Gasteiger partial charge on any atom is 0.418 e. The summed E-state index contributed by atoms with van der Waals surface area (Å²) in [7, 11) is 4.42. The summed E-state index contributed by atoms with van der Waals surface area (Å²) in [5.41, 5.74) is 6.53. The van der Waals surface area contributed by atoms with Gasteiger partial charge in [0.1, 0.15) is 18.2 Å². The van der Waals surface area contributed by atoms with Crippen molar-refractivity contribution in [3.8, 4) is 28.7 Å². The number of carbonyl (C=O) groups is 1. The average molecular weight is 456 g/mol. The molecule has 33 heavy (non-hydrogen) atoms. The van der Waals surface area contributed by atoms with Crippen molar-refractivity contribution in [1.29, 1.82) is 0 Å². The minimum Gasteiger partial charge on any atom is -0.493 e. The molecule has 0 saturated carbocycles. The van der Waals surface area contributed by atoms with Crippen LogP contribution in [-0.2, 0) is 6.61 Å². The first kappa shape index (κ1) is 25.1. The number of ether oxygens (including phenoxy) is 5. The molecule has 0 aliphatic rings. The first-order chi connectivity index (χ1) is 16.0. The minimum absolute atomic E-state index is 0.207. The fourth-order valence-corrected chi connectivity index (χ4v) is 2.67. The molecule has 0 radical (unpaired) electrons. The van der Waals surface area contributed by atoms with Crippen LogP contribution in [0.4, 0.5) is 16.4 Å². The second kappa shape index (κ2) is 12.6. The lowest BCUT2D eigenvalue weighted by atomic mass is 10.2. The van der Waals surface area contributed by atoms with Gasteiger partial charge in [-0.2, -0.15) is 0 Å². The van der Waals surface area contributed by atoms with E-state index in [0.717, 1.165) is 5.56 Å². The fourth-order valence-electron chi connectivity index (χ4n) is 2.67. The smallest absolute Gasteiger partial charge is 0.418 e. The maximum atomic E-state index is 12.3. The molecule has 2 aromatic heterocycles. The number of benzene rings is 1. The van der Waals surface area contributed by atoms with Crippen LogP contribution >= 0.6 is 0 Å². The second-order valence-corrected chi connectivity index (χ2v) is 6.10. The Kier molecular flexibility index (Phi) is 9.56. The third-order valence-electron chi connectivity index (χ3n) is 4.10. The van der Waals surface area contributed by atoms with Gasteiger partial charge in [0, 0.05) is 24.5 Å². The molecule has 0 atom stereocenters. The highest BCUT2D eigenvalue weighted by molar-refractivity contribution is 5.85. The summed E-state index contributed by atoms with van der Waals surface area (Å²) in [5.74, 6) is 2.37. The largest absolute Gasteiger partial charge is 0.493 e. The molecule has 0 unspecified atom stereocenters. The van der Waals surface area contributed by atoms with E-state index in [1.54, 1.807) is 36.7 Å². The lowest BCUT2D eigenvalue weighted by Gasteiger charge is -2.14. The molecular weight excluding hydrogens is 428 g/mol. The molecule has 0 aliphatic heterocycles. The van der Waals surface area contributed by atoms with Crippen LogP contribution in [0.3, 0.4) is 0 Å². The number of amides is 1. The summed E-state index contributed by atoms with van der Waals surface area (Å²) in [4.78, 5) is 20.4. The normalized spacial score (nSPS) is 9.73. The number of pyridine rings is 2. The summed E-state index contributed by atoms with van der Waals surface area (Å²) < 4.78 is 26.7. The van der Waals surface area contributed by atoms with Crippen LogP contribution in [0.5, 0.6) is 28.7 Å². The number of aromatic nitrogens is 2. The van der Waals surface area contributed by atoms with Gasteiger partial charge in [0.25, 0.3) is 0 Å². The highest BCUT2D eigenvalue weighted by Crippen LogP contribution is 2.40. The van der Waals surface area contributed by atoms with Crippen LogP contribution in [0.1, 0.15) is 19.4 Å². The molecule has 0 fully saturated rings. The summed E-state index contributed by atoms with van der Waals surface area (Å²) in [6.45, 7) is 4.22. The molecule has 1 aromatic carbocycles. The topological polar surface area (TPSA) is 127 Å². The summed E-state index contributed by atoms with van der Waals surface area (Å²) in [5, 5.41) is 2.57. The van der Waals surface area contributed by atoms with Crippen molar-refractivity contribution in [2.24, 2.45) is 0 Å². The van der Waals surface area contributed by atoms with Gasteiger partial charge in [-0.1, -0.05) is 13.8 Å². The molecule has 0 aliphatic carbocycles. The van der Waals surface area contributed by atoms with Crippen LogP contribution in [0.2, 0.25) is 0 Å². The Balaban J connectivity index is 0.00000187. The van der Waals surface area contributed by atoms with E-state index < -0.39 is 6.09 Å². The monoisotopic (exact) mass is 456 g/mol. The Labute approximate surface area is 192 Å². The van der Waals surface area contributed by atoms with Crippen molar-refractivity contribution in [2.45, 2.75) is 20.5 Å². The summed E-state index contributed by atoms with van der Waals surface area (Å²) in [6, 6.07) is 9.88. The fraction of sp³-hybridized carbons (Fsp3) is 0.261. The predicted octanol–water partition coefficient (Wildman–Crippen LogP) is 4.30. The molecule has 0 bridgehead atoms. The highest BCUT2D eigenvalue weighted by atomic mass is 16.6. The van der Waals surface area contributed by atoms with Gasteiger partial charge in [-0.15, -0.1) is 0 Å². The van der Waals surface area contributed by atoms with Gasteiger partial charge >= 0.3 is 6.09 Å². The van der Waals surface area contributed by atoms with E-state index in [9.17, 15) is 4.79 Å². The van der Waals surface area contributed by atoms with Crippen molar-refractivity contribution in [2.75, 3.05) is 32.4 Å². The standard InChI is InChI=1S/C21H22N4O6.C2H6/c1-27-16-10-14(11-17(28-2)19(16)29-3)31-21(26)25-18-9-13(6-8-23-18)12-30-15-5-4-7-24-20(15)22;1-2/h4-11H,12H2,1-3H3,(H2,22,24)(H,23,25,26);1-2H3. The van der Waals surface area contributed by atoms with Crippen LogP contribution in [0.15, 0.2) is 48.8 Å². The van der Waals surface area contributed by atoms with Crippen molar-refractivity contribution >= 4 is 17.7 Å². The molecule has 3 aromatic rings. The number of rotatable bonds is 8. The molecule has 0 spiro atoms. The van der Waals surface area contributed by atoms with Gasteiger partial charge in [0.2, 0.25) is 5.75 Å². The quantitative estimate of drug-likeness (QED) is 0.510. The van der Waals surface area contributed by atoms with E-state index in [0.29, 0.717) is 28.8 Å². The number of hydrogen-bond donors (Lipinski definition) is 2. The number of carbonyl (C=O) groups excluding carboxylic acids is 1. The Bertz CT molecular complexity index is 1040. The lowest BCUT2D eigenvalue weighted by Crippen LogP contribution is -2.18. The van der Waals surface area contributed by atoms with Crippen molar-refractivity contribution < 1.29 is 28.5 Å². The van der Waals surface area contributed by atoms with E-state index in [1.165, 1.54) is 33.5 Å². The molecule has 10 nitrogen and oxygen atoms in total. The highest BCUT2D eigenvalue weighted by Gasteiger charge is 2.16. The number of nitrogens with one attached hydrogen (secondary N) is 1. The zero-order valence-corrected chi connectivity index (χ0v) is 19.2. The van der Waals surface area contributed by atoms with Crippen molar-refractivity contribution in [3.05, 3.63) is 54.4 Å². The average Bonchev–Trinajstić information content (AvgIpc) is 2.84. The third-order valence-corrected chi connectivity index (χ3v) is 4.10. The van der Waals surface area contributed by atoms with Gasteiger partial charge in [-0.3, -0.25) is 5.32 Å². The van der Waals surface area contributed by atoms with Gasteiger partial charge in [0.05, 0.1) is 21.3 Å². The summed E-state index contributed by atoms with van der Waals surface area (Å²) >= 11 is 0. The van der Waals surface area contributed by atoms with Gasteiger partial charge in [0.15, 0.2) is 23.1 Å². The minimum atomic E-state index is -0.739. The number of nitrogen functional groups attached to an aromatic ring is 1. The lowest BCUT2D eigenvalue weighted by molar-refractivity contribution is 0.214. The van der Waals surface area contributed by atoms with E-state index in [-0.39, 0.29) is 18.2 Å². The van der Waals surface area contributed by atoms with E-state index >= 15 is 0 Å². The predicted molar refractivity (Wildman–Crippen MR) is 124 cm³/mol.